The number of nitrogens with one attached hydrogen (secondary N) is 1. The molecule has 0 aliphatic heterocycles. The highest BCUT2D eigenvalue weighted by molar-refractivity contribution is 5.37. The van der Waals surface area contributed by atoms with E-state index in [1.54, 1.807) is 0 Å². The van der Waals surface area contributed by atoms with Crippen molar-refractivity contribution in [2.75, 3.05) is 20.1 Å². The van der Waals surface area contributed by atoms with E-state index >= 15 is 0 Å². The van der Waals surface area contributed by atoms with Crippen LogP contribution in [0.1, 0.15) is 31.4 Å². The van der Waals surface area contributed by atoms with Crippen molar-refractivity contribution in [3.63, 3.8) is 0 Å². The Hall–Kier alpha value is -1.44. The number of rotatable bonds is 7. The Bertz CT molecular complexity index is 440. The van der Waals surface area contributed by atoms with Crippen LogP contribution in [0.4, 0.5) is 4.39 Å². The Kier molecular flexibility index (Phi) is 6.48. The van der Waals surface area contributed by atoms with E-state index < -0.39 is 0 Å². The second kappa shape index (κ2) is 7.88. The smallest absolute Gasteiger partial charge is 0.123 e. The fourth-order valence-corrected chi connectivity index (χ4v) is 1.83. The van der Waals surface area contributed by atoms with E-state index in [-0.39, 0.29) is 5.82 Å². The van der Waals surface area contributed by atoms with Gasteiger partial charge in [0, 0.05) is 25.7 Å². The van der Waals surface area contributed by atoms with Crippen LogP contribution in [-0.4, -0.2) is 31.1 Å². The molecule has 1 unspecified atom stereocenters. The SMILES string of the molecule is CCC(C)N(C)CCNCc1cc(F)ccc1C#N. The van der Waals surface area contributed by atoms with Crippen LogP contribution < -0.4 is 5.32 Å². The predicted octanol–water partition coefficient (Wildman–Crippen LogP) is 2.52. The maximum atomic E-state index is 13.1. The summed E-state index contributed by atoms with van der Waals surface area (Å²) in [5.74, 6) is -0.299. The Balaban J connectivity index is 2.42. The van der Waals surface area contributed by atoms with Crippen LogP contribution in [-0.2, 0) is 6.54 Å². The van der Waals surface area contributed by atoms with Gasteiger partial charge in [-0.05, 0) is 44.2 Å². The molecule has 1 rings (SSSR count). The van der Waals surface area contributed by atoms with Crippen LogP contribution >= 0.6 is 0 Å². The number of likely N-dealkylation sites (N-methyl/N-ethyl adjacent to an activating group) is 1. The van der Waals surface area contributed by atoms with Gasteiger partial charge in [-0.1, -0.05) is 6.92 Å². The Morgan fingerprint density at radius 3 is 2.84 bits per heavy atom. The molecule has 0 aromatic heterocycles. The molecule has 104 valence electrons. The number of hydrogen-bond donors (Lipinski definition) is 1. The van der Waals surface area contributed by atoms with Gasteiger partial charge in [0.1, 0.15) is 5.82 Å². The van der Waals surface area contributed by atoms with E-state index in [4.69, 9.17) is 5.26 Å². The maximum absolute atomic E-state index is 13.1. The third-order valence-corrected chi connectivity index (χ3v) is 3.49. The molecule has 0 amide bonds. The predicted molar refractivity (Wildman–Crippen MR) is 75.2 cm³/mol. The summed E-state index contributed by atoms with van der Waals surface area (Å²) >= 11 is 0. The first-order valence-corrected chi connectivity index (χ1v) is 6.68. The van der Waals surface area contributed by atoms with Crippen LogP contribution in [0.5, 0.6) is 0 Å². The molecule has 4 heteroatoms. The lowest BCUT2D eigenvalue weighted by Gasteiger charge is -2.23. The highest BCUT2D eigenvalue weighted by Crippen LogP contribution is 2.10. The standard InChI is InChI=1S/C15H22FN3/c1-4-12(2)19(3)8-7-18-11-14-9-15(16)6-5-13(14)10-17/h5-6,9,12,18H,4,7-8,11H2,1-3H3. The van der Waals surface area contributed by atoms with Gasteiger partial charge in [0.05, 0.1) is 11.6 Å². The molecule has 0 saturated carbocycles. The van der Waals surface area contributed by atoms with E-state index in [0.717, 1.165) is 19.5 Å². The molecule has 0 radical (unpaired) electrons. The Morgan fingerprint density at radius 1 is 1.47 bits per heavy atom. The minimum absolute atomic E-state index is 0.299. The van der Waals surface area contributed by atoms with Gasteiger partial charge in [-0.15, -0.1) is 0 Å². The molecule has 0 saturated heterocycles. The first-order valence-electron chi connectivity index (χ1n) is 6.68. The summed E-state index contributed by atoms with van der Waals surface area (Å²) in [6, 6.07) is 6.91. The monoisotopic (exact) mass is 263 g/mol. The minimum atomic E-state index is -0.299. The number of nitriles is 1. The van der Waals surface area contributed by atoms with Gasteiger partial charge in [-0.2, -0.15) is 5.26 Å². The molecular formula is C15H22FN3. The molecule has 19 heavy (non-hydrogen) atoms. The van der Waals surface area contributed by atoms with E-state index in [2.05, 4.69) is 37.2 Å². The molecule has 1 N–H and O–H groups in total. The third kappa shape index (κ3) is 4.98. The molecule has 1 aromatic rings. The van der Waals surface area contributed by atoms with Gasteiger partial charge in [-0.3, -0.25) is 0 Å². The summed E-state index contributed by atoms with van der Waals surface area (Å²) in [4.78, 5) is 2.28. The fraction of sp³-hybridized carbons (Fsp3) is 0.533. The van der Waals surface area contributed by atoms with Crippen molar-refractivity contribution in [3.05, 3.63) is 35.1 Å². The van der Waals surface area contributed by atoms with Crippen molar-refractivity contribution in [2.45, 2.75) is 32.9 Å². The zero-order valence-corrected chi connectivity index (χ0v) is 11.9. The second-order valence-electron chi connectivity index (χ2n) is 4.83. The highest BCUT2D eigenvalue weighted by Gasteiger charge is 2.06. The maximum Gasteiger partial charge on any atom is 0.123 e. The molecule has 0 spiro atoms. The van der Waals surface area contributed by atoms with Gasteiger partial charge in [0.2, 0.25) is 0 Å². The van der Waals surface area contributed by atoms with E-state index in [9.17, 15) is 4.39 Å². The lowest BCUT2D eigenvalue weighted by Crippen LogP contribution is -2.34. The zero-order valence-electron chi connectivity index (χ0n) is 11.9. The molecule has 0 aliphatic carbocycles. The normalized spacial score (nSPS) is 12.4. The van der Waals surface area contributed by atoms with Crippen molar-refractivity contribution in [1.29, 1.82) is 5.26 Å². The number of benzene rings is 1. The van der Waals surface area contributed by atoms with Gasteiger partial charge in [-0.25, -0.2) is 4.39 Å². The van der Waals surface area contributed by atoms with Crippen LogP contribution in [0.2, 0.25) is 0 Å². The summed E-state index contributed by atoms with van der Waals surface area (Å²) in [7, 11) is 2.10. The van der Waals surface area contributed by atoms with Gasteiger partial charge in [0.15, 0.2) is 0 Å². The van der Waals surface area contributed by atoms with E-state index in [0.29, 0.717) is 23.7 Å². The van der Waals surface area contributed by atoms with Crippen LogP contribution in [0.3, 0.4) is 0 Å². The summed E-state index contributed by atoms with van der Waals surface area (Å²) in [6.07, 6.45) is 1.12. The largest absolute Gasteiger partial charge is 0.311 e. The molecule has 3 nitrogen and oxygen atoms in total. The minimum Gasteiger partial charge on any atom is -0.311 e. The number of halogens is 1. The average Bonchev–Trinajstić information content (AvgIpc) is 2.42. The fourth-order valence-electron chi connectivity index (χ4n) is 1.83. The third-order valence-electron chi connectivity index (χ3n) is 3.49. The average molecular weight is 263 g/mol. The van der Waals surface area contributed by atoms with Crippen LogP contribution in [0, 0.1) is 17.1 Å². The summed E-state index contributed by atoms with van der Waals surface area (Å²) in [6.45, 7) is 6.64. The lowest BCUT2D eigenvalue weighted by molar-refractivity contribution is 0.251. The summed E-state index contributed by atoms with van der Waals surface area (Å²) in [5, 5.41) is 12.2. The molecule has 0 bridgehead atoms. The lowest BCUT2D eigenvalue weighted by atomic mass is 10.1. The second-order valence-corrected chi connectivity index (χ2v) is 4.83. The van der Waals surface area contributed by atoms with Crippen LogP contribution in [0.25, 0.3) is 0 Å². The van der Waals surface area contributed by atoms with Crippen molar-refractivity contribution in [1.82, 2.24) is 10.2 Å². The van der Waals surface area contributed by atoms with Crippen molar-refractivity contribution >= 4 is 0 Å². The quantitative estimate of drug-likeness (QED) is 0.768. The molecule has 0 heterocycles. The molecular weight excluding hydrogens is 241 g/mol. The summed E-state index contributed by atoms with van der Waals surface area (Å²) < 4.78 is 13.1. The van der Waals surface area contributed by atoms with Crippen molar-refractivity contribution in [2.24, 2.45) is 0 Å². The Morgan fingerprint density at radius 2 is 2.21 bits per heavy atom. The number of nitrogens with zero attached hydrogens (tertiary/aromatic N) is 2. The van der Waals surface area contributed by atoms with E-state index in [1.807, 2.05) is 0 Å². The van der Waals surface area contributed by atoms with Gasteiger partial charge >= 0.3 is 0 Å². The summed E-state index contributed by atoms with van der Waals surface area (Å²) in [5.41, 5.74) is 1.25. The Labute approximate surface area is 115 Å². The topological polar surface area (TPSA) is 39.1 Å². The first-order chi connectivity index (χ1) is 9.08. The molecule has 0 fully saturated rings. The van der Waals surface area contributed by atoms with Gasteiger partial charge in [0.25, 0.3) is 0 Å². The van der Waals surface area contributed by atoms with E-state index in [1.165, 1.54) is 18.2 Å². The first kappa shape index (κ1) is 15.6. The van der Waals surface area contributed by atoms with Crippen molar-refractivity contribution < 1.29 is 4.39 Å². The highest BCUT2D eigenvalue weighted by atomic mass is 19.1. The molecule has 1 atom stereocenters. The molecule has 1 aromatic carbocycles. The van der Waals surface area contributed by atoms with Crippen LogP contribution in [0.15, 0.2) is 18.2 Å². The number of hydrogen-bond acceptors (Lipinski definition) is 3. The van der Waals surface area contributed by atoms with Crippen molar-refractivity contribution in [3.8, 4) is 6.07 Å². The molecule has 0 aliphatic rings. The zero-order chi connectivity index (χ0) is 14.3. The van der Waals surface area contributed by atoms with Gasteiger partial charge < -0.3 is 10.2 Å².